The Kier molecular flexibility index (Phi) is 5.96. The Balaban J connectivity index is 1.37. The summed E-state index contributed by atoms with van der Waals surface area (Å²) in [4.78, 5) is 16.1. The fraction of sp³-hybridized carbons (Fsp3) is 0.318. The van der Waals surface area contributed by atoms with Gasteiger partial charge in [0.1, 0.15) is 12.1 Å². The lowest BCUT2D eigenvalue weighted by atomic mass is 10.1. The molecule has 4 rings (SSSR count). The van der Waals surface area contributed by atoms with Crippen molar-refractivity contribution >= 4 is 23.7 Å². The maximum absolute atomic E-state index is 11.5. The van der Waals surface area contributed by atoms with Gasteiger partial charge in [0.05, 0.1) is 13.8 Å². The number of ether oxygens (including phenoxy) is 1. The smallest absolute Gasteiger partial charge is 0.203 e. The van der Waals surface area contributed by atoms with Crippen LogP contribution in [-0.4, -0.2) is 58.3 Å². The van der Waals surface area contributed by atoms with Gasteiger partial charge in [-0.2, -0.15) is 5.10 Å². The summed E-state index contributed by atoms with van der Waals surface area (Å²) < 4.78 is 9.65. The molecule has 7 nitrogen and oxygen atoms in total. The third kappa shape index (κ3) is 4.29. The molecule has 1 saturated heterocycles. The first-order valence-electron chi connectivity index (χ1n) is 9.92. The van der Waals surface area contributed by atoms with E-state index < -0.39 is 0 Å². The van der Waals surface area contributed by atoms with E-state index in [2.05, 4.69) is 14.9 Å². The maximum Gasteiger partial charge on any atom is 0.203 e. The van der Waals surface area contributed by atoms with Crippen molar-refractivity contribution in [1.82, 2.24) is 19.2 Å². The molecule has 2 heterocycles. The lowest BCUT2D eigenvalue weighted by Gasteiger charge is -2.35. The van der Waals surface area contributed by atoms with Crippen molar-refractivity contribution in [3.63, 3.8) is 0 Å². The van der Waals surface area contributed by atoms with E-state index >= 15 is 0 Å². The van der Waals surface area contributed by atoms with Crippen LogP contribution in [0.3, 0.4) is 0 Å². The summed E-state index contributed by atoms with van der Waals surface area (Å²) in [6, 6.07) is 15.6. The quantitative estimate of drug-likeness (QED) is 0.448. The molecule has 1 aliphatic heterocycles. The van der Waals surface area contributed by atoms with Crippen LogP contribution < -0.4 is 9.64 Å². The summed E-state index contributed by atoms with van der Waals surface area (Å²) in [5.74, 6) is 0.906. The summed E-state index contributed by atoms with van der Waals surface area (Å²) in [6.45, 7) is 5.95. The van der Waals surface area contributed by atoms with Gasteiger partial charge in [-0.05, 0) is 67.7 Å². The molecule has 0 atom stereocenters. The van der Waals surface area contributed by atoms with Crippen LogP contribution in [-0.2, 0) is 6.67 Å². The predicted molar refractivity (Wildman–Crippen MR) is 119 cm³/mol. The molecule has 0 radical (unpaired) electrons. The lowest BCUT2D eigenvalue weighted by molar-refractivity contribution is 0.101. The van der Waals surface area contributed by atoms with Gasteiger partial charge in [-0.15, -0.1) is 0 Å². The normalized spacial score (nSPS) is 14.7. The number of hydrogen-bond donors (Lipinski definition) is 0. The molecule has 30 heavy (non-hydrogen) atoms. The van der Waals surface area contributed by atoms with Crippen LogP contribution in [0.15, 0.2) is 54.9 Å². The first-order valence-corrected chi connectivity index (χ1v) is 10.3. The number of rotatable bonds is 6. The zero-order valence-electron chi connectivity index (χ0n) is 17.2. The third-order valence-electron chi connectivity index (χ3n) is 5.43. The fourth-order valence-corrected chi connectivity index (χ4v) is 3.86. The molecule has 2 aromatic carbocycles. The number of methoxy groups -OCH3 is 1. The van der Waals surface area contributed by atoms with Crippen molar-refractivity contribution in [2.75, 3.05) is 38.2 Å². The second-order valence-corrected chi connectivity index (χ2v) is 7.70. The first kappa shape index (κ1) is 20.3. The zero-order valence-corrected chi connectivity index (χ0v) is 18.0. The number of aromatic nitrogens is 3. The van der Waals surface area contributed by atoms with E-state index in [9.17, 15) is 4.79 Å². The van der Waals surface area contributed by atoms with Gasteiger partial charge < -0.3 is 9.64 Å². The molecule has 8 heteroatoms. The summed E-state index contributed by atoms with van der Waals surface area (Å²) in [6.07, 6.45) is 1.76. The second kappa shape index (κ2) is 8.81. The third-order valence-corrected chi connectivity index (χ3v) is 5.84. The van der Waals surface area contributed by atoms with Gasteiger partial charge in [0, 0.05) is 43.1 Å². The molecule has 156 valence electrons. The van der Waals surface area contributed by atoms with Gasteiger partial charge in [-0.1, -0.05) is 0 Å². The van der Waals surface area contributed by atoms with Crippen molar-refractivity contribution in [2.45, 2.75) is 13.6 Å². The minimum Gasteiger partial charge on any atom is -0.497 e. The number of hydrogen-bond acceptors (Lipinski definition) is 6. The van der Waals surface area contributed by atoms with Crippen molar-refractivity contribution in [3.8, 4) is 11.4 Å². The van der Waals surface area contributed by atoms with E-state index in [1.807, 2.05) is 57.8 Å². The predicted octanol–water partition coefficient (Wildman–Crippen LogP) is 3.39. The first-order chi connectivity index (χ1) is 14.5. The SMILES string of the molecule is COc1ccc(-n2cnn(CN3CCN(c4ccc(C(C)=O)cc4)CC3)c2=S)cc1. The second-order valence-electron chi connectivity index (χ2n) is 7.33. The molecule has 0 amide bonds. The molecular formula is C22H25N5O2S. The number of benzene rings is 2. The monoisotopic (exact) mass is 423 g/mol. The number of ketones is 1. The minimum absolute atomic E-state index is 0.0946. The molecule has 0 spiro atoms. The number of nitrogens with zero attached hydrogens (tertiary/aromatic N) is 5. The highest BCUT2D eigenvalue weighted by Crippen LogP contribution is 2.19. The summed E-state index contributed by atoms with van der Waals surface area (Å²) >= 11 is 5.64. The largest absolute Gasteiger partial charge is 0.497 e. The molecule has 0 aliphatic carbocycles. The highest BCUT2D eigenvalue weighted by molar-refractivity contribution is 7.71. The Morgan fingerprint density at radius 3 is 2.23 bits per heavy atom. The van der Waals surface area contributed by atoms with E-state index in [1.165, 1.54) is 0 Å². The fourth-order valence-electron chi connectivity index (χ4n) is 3.60. The topological polar surface area (TPSA) is 55.5 Å². The molecule has 0 unspecified atom stereocenters. The van der Waals surface area contributed by atoms with Crippen LogP contribution in [0.4, 0.5) is 5.69 Å². The molecular weight excluding hydrogens is 398 g/mol. The summed E-state index contributed by atoms with van der Waals surface area (Å²) in [7, 11) is 1.65. The standard InChI is InChI=1S/C22H25N5O2S/c1-17(28)18-3-5-19(6-4-18)25-13-11-24(12-14-25)16-27-22(30)26(15-23-27)20-7-9-21(29-2)10-8-20/h3-10,15H,11-14,16H2,1-2H3. The Bertz CT molecular complexity index is 1060. The van der Waals surface area contributed by atoms with Gasteiger partial charge in [0.2, 0.25) is 4.77 Å². The van der Waals surface area contributed by atoms with Gasteiger partial charge in [0.25, 0.3) is 0 Å². The highest BCUT2D eigenvalue weighted by atomic mass is 32.1. The summed E-state index contributed by atoms with van der Waals surface area (Å²) in [5, 5.41) is 4.49. The average Bonchev–Trinajstić information content (AvgIpc) is 3.14. The molecule has 3 aromatic rings. The van der Waals surface area contributed by atoms with Crippen molar-refractivity contribution < 1.29 is 9.53 Å². The number of Topliss-reactive ketones (excluding diaryl/α,β-unsaturated/α-hetero) is 1. The average molecular weight is 424 g/mol. The molecule has 0 bridgehead atoms. The molecule has 1 fully saturated rings. The van der Waals surface area contributed by atoms with Gasteiger partial charge >= 0.3 is 0 Å². The van der Waals surface area contributed by atoms with E-state index in [0.29, 0.717) is 11.4 Å². The van der Waals surface area contributed by atoms with E-state index in [-0.39, 0.29) is 5.78 Å². The number of carbonyl (C=O) groups is 1. The minimum atomic E-state index is 0.0946. The van der Waals surface area contributed by atoms with Crippen LogP contribution >= 0.6 is 12.2 Å². The van der Waals surface area contributed by atoms with Gasteiger partial charge in [0.15, 0.2) is 5.78 Å². The van der Waals surface area contributed by atoms with Crippen LogP contribution in [0.25, 0.3) is 5.69 Å². The summed E-state index contributed by atoms with van der Waals surface area (Å²) in [5.41, 5.74) is 2.87. The number of piperazine rings is 1. The Morgan fingerprint density at radius 2 is 1.63 bits per heavy atom. The van der Waals surface area contributed by atoms with Crippen LogP contribution in [0.1, 0.15) is 17.3 Å². The van der Waals surface area contributed by atoms with E-state index in [1.54, 1.807) is 20.4 Å². The lowest BCUT2D eigenvalue weighted by Crippen LogP contribution is -2.47. The Labute approximate surface area is 181 Å². The van der Waals surface area contributed by atoms with Crippen LogP contribution in [0, 0.1) is 4.77 Å². The van der Waals surface area contributed by atoms with E-state index in [0.717, 1.165) is 48.9 Å². The van der Waals surface area contributed by atoms with Crippen LogP contribution in [0.2, 0.25) is 0 Å². The van der Waals surface area contributed by atoms with Gasteiger partial charge in [-0.25, -0.2) is 4.68 Å². The van der Waals surface area contributed by atoms with Crippen molar-refractivity contribution in [2.24, 2.45) is 0 Å². The number of anilines is 1. The van der Waals surface area contributed by atoms with E-state index in [4.69, 9.17) is 17.0 Å². The van der Waals surface area contributed by atoms with Crippen LogP contribution in [0.5, 0.6) is 5.75 Å². The molecule has 1 aromatic heterocycles. The molecule has 1 aliphatic rings. The molecule has 0 N–H and O–H groups in total. The maximum atomic E-state index is 11.5. The Hall–Kier alpha value is -2.97. The van der Waals surface area contributed by atoms with Crippen molar-refractivity contribution in [1.29, 1.82) is 0 Å². The van der Waals surface area contributed by atoms with Crippen molar-refractivity contribution in [3.05, 3.63) is 65.2 Å². The zero-order chi connectivity index (χ0) is 21.1. The number of carbonyl (C=O) groups excluding carboxylic acids is 1. The highest BCUT2D eigenvalue weighted by Gasteiger charge is 2.18. The Morgan fingerprint density at radius 1 is 1.00 bits per heavy atom. The van der Waals surface area contributed by atoms with Gasteiger partial charge in [-0.3, -0.25) is 14.3 Å². The molecule has 0 saturated carbocycles.